The Morgan fingerprint density at radius 2 is 1.88 bits per heavy atom. The summed E-state index contributed by atoms with van der Waals surface area (Å²) < 4.78 is 31.9. The summed E-state index contributed by atoms with van der Waals surface area (Å²) in [7, 11) is -3.73. The van der Waals surface area contributed by atoms with E-state index in [2.05, 4.69) is 16.0 Å². The Balaban J connectivity index is 1.84. The molecule has 1 amide bonds. The third-order valence-electron chi connectivity index (χ3n) is 3.39. The van der Waals surface area contributed by atoms with Gasteiger partial charge >= 0.3 is 0 Å². The SMILES string of the molecule is C#CCNS(=O)(=O)c1cccc(C(=O)NCCCOc2ccccc2)c1. The lowest BCUT2D eigenvalue weighted by Gasteiger charge is -2.09. The van der Waals surface area contributed by atoms with Crippen LogP contribution < -0.4 is 14.8 Å². The van der Waals surface area contributed by atoms with E-state index in [0.717, 1.165) is 5.75 Å². The maximum Gasteiger partial charge on any atom is 0.251 e. The highest BCUT2D eigenvalue weighted by Gasteiger charge is 2.15. The lowest BCUT2D eigenvalue weighted by Crippen LogP contribution is -2.27. The van der Waals surface area contributed by atoms with E-state index in [1.807, 2.05) is 30.3 Å². The molecule has 6 nitrogen and oxygen atoms in total. The highest BCUT2D eigenvalue weighted by molar-refractivity contribution is 7.89. The van der Waals surface area contributed by atoms with Crippen molar-refractivity contribution in [1.29, 1.82) is 0 Å². The summed E-state index contributed by atoms with van der Waals surface area (Å²) in [5, 5.41) is 2.74. The maximum absolute atomic E-state index is 12.2. The van der Waals surface area contributed by atoms with Crippen LogP contribution in [0, 0.1) is 12.3 Å². The van der Waals surface area contributed by atoms with Crippen molar-refractivity contribution in [3.05, 3.63) is 60.2 Å². The fourth-order valence-electron chi connectivity index (χ4n) is 2.11. The number of ether oxygens (including phenoxy) is 1. The standard InChI is InChI=1S/C19H20N2O4S/c1-2-12-21-26(23,24)18-11-6-8-16(15-18)19(22)20-13-7-14-25-17-9-4-3-5-10-17/h1,3-6,8-11,15,21H,7,12-14H2,(H,20,22). The van der Waals surface area contributed by atoms with Crippen molar-refractivity contribution in [2.75, 3.05) is 19.7 Å². The Morgan fingerprint density at radius 1 is 1.12 bits per heavy atom. The number of carbonyl (C=O) groups excluding carboxylic acids is 1. The van der Waals surface area contributed by atoms with Crippen LogP contribution in [-0.2, 0) is 10.0 Å². The summed E-state index contributed by atoms with van der Waals surface area (Å²) in [5.41, 5.74) is 0.262. The first-order chi connectivity index (χ1) is 12.5. The van der Waals surface area contributed by atoms with Gasteiger partial charge in [-0.2, -0.15) is 4.72 Å². The molecule has 2 aromatic carbocycles. The van der Waals surface area contributed by atoms with Crippen molar-refractivity contribution in [3.8, 4) is 18.1 Å². The first-order valence-corrected chi connectivity index (χ1v) is 9.50. The number of para-hydroxylation sites is 1. The minimum Gasteiger partial charge on any atom is -0.494 e. The predicted molar refractivity (Wildman–Crippen MR) is 99.4 cm³/mol. The van der Waals surface area contributed by atoms with Gasteiger partial charge in [0, 0.05) is 12.1 Å². The average molecular weight is 372 g/mol. The number of hydrogen-bond donors (Lipinski definition) is 2. The van der Waals surface area contributed by atoms with E-state index in [1.165, 1.54) is 18.2 Å². The molecule has 2 aromatic rings. The monoisotopic (exact) mass is 372 g/mol. The van der Waals surface area contributed by atoms with Crippen molar-refractivity contribution in [2.24, 2.45) is 0 Å². The van der Waals surface area contributed by atoms with Gasteiger partial charge in [0.25, 0.3) is 5.91 Å². The van der Waals surface area contributed by atoms with Gasteiger partial charge in [0.1, 0.15) is 5.75 Å². The van der Waals surface area contributed by atoms with Crippen molar-refractivity contribution < 1.29 is 17.9 Å². The lowest BCUT2D eigenvalue weighted by atomic mass is 10.2. The normalized spacial score (nSPS) is 10.7. The number of hydrogen-bond acceptors (Lipinski definition) is 4. The Kier molecular flexibility index (Phi) is 7.21. The summed E-state index contributed by atoms with van der Waals surface area (Å²) in [6.45, 7) is 0.771. The van der Waals surface area contributed by atoms with Crippen LogP contribution in [0.2, 0.25) is 0 Å². The largest absolute Gasteiger partial charge is 0.494 e. The van der Waals surface area contributed by atoms with Crippen molar-refractivity contribution in [1.82, 2.24) is 10.0 Å². The van der Waals surface area contributed by atoms with Gasteiger partial charge in [-0.1, -0.05) is 30.2 Å². The molecule has 7 heteroatoms. The number of terminal acetylenes is 1. The van der Waals surface area contributed by atoms with Crippen LogP contribution in [0.25, 0.3) is 0 Å². The van der Waals surface area contributed by atoms with E-state index in [9.17, 15) is 13.2 Å². The van der Waals surface area contributed by atoms with Crippen LogP contribution in [0.3, 0.4) is 0 Å². The molecule has 0 aliphatic rings. The Labute approximate surface area is 153 Å². The topological polar surface area (TPSA) is 84.5 Å². The molecule has 0 aromatic heterocycles. The van der Waals surface area contributed by atoms with Crippen LogP contribution in [0.4, 0.5) is 0 Å². The first-order valence-electron chi connectivity index (χ1n) is 8.02. The molecule has 0 aliphatic carbocycles. The van der Waals surface area contributed by atoms with Gasteiger partial charge in [0.15, 0.2) is 0 Å². The van der Waals surface area contributed by atoms with E-state index in [4.69, 9.17) is 11.2 Å². The molecular weight excluding hydrogens is 352 g/mol. The molecule has 0 atom stereocenters. The number of rotatable bonds is 9. The van der Waals surface area contributed by atoms with E-state index in [-0.39, 0.29) is 22.9 Å². The minimum absolute atomic E-state index is 0.00666. The van der Waals surface area contributed by atoms with Crippen LogP contribution in [0.5, 0.6) is 5.75 Å². The Bertz CT molecular complexity index is 874. The van der Waals surface area contributed by atoms with Gasteiger partial charge in [-0.05, 0) is 36.8 Å². The predicted octanol–water partition coefficient (Wildman–Crippen LogP) is 1.80. The van der Waals surface area contributed by atoms with E-state index in [1.54, 1.807) is 6.07 Å². The van der Waals surface area contributed by atoms with Crippen molar-refractivity contribution in [3.63, 3.8) is 0 Å². The first kappa shape index (κ1) is 19.5. The zero-order valence-corrected chi connectivity index (χ0v) is 15.0. The fraction of sp³-hybridized carbons (Fsp3) is 0.211. The molecule has 2 rings (SSSR count). The summed E-state index contributed by atoms with van der Waals surface area (Å²) >= 11 is 0. The van der Waals surface area contributed by atoms with Crippen LogP contribution in [0.15, 0.2) is 59.5 Å². The van der Waals surface area contributed by atoms with Crippen molar-refractivity contribution in [2.45, 2.75) is 11.3 Å². The molecule has 136 valence electrons. The van der Waals surface area contributed by atoms with Crippen molar-refractivity contribution >= 4 is 15.9 Å². The van der Waals surface area contributed by atoms with E-state index in [0.29, 0.717) is 19.6 Å². The minimum atomic E-state index is -3.73. The third-order valence-corrected chi connectivity index (χ3v) is 4.79. The molecule has 0 saturated carbocycles. The number of nitrogens with one attached hydrogen (secondary N) is 2. The molecule has 0 saturated heterocycles. The zero-order valence-electron chi connectivity index (χ0n) is 14.1. The van der Waals surface area contributed by atoms with E-state index >= 15 is 0 Å². The summed E-state index contributed by atoms with van der Waals surface area (Å²) in [5.74, 6) is 2.63. The summed E-state index contributed by atoms with van der Waals surface area (Å²) in [6, 6.07) is 15.2. The Morgan fingerprint density at radius 3 is 2.62 bits per heavy atom. The molecule has 2 N–H and O–H groups in total. The molecule has 0 aliphatic heterocycles. The van der Waals surface area contributed by atoms with Crippen LogP contribution >= 0.6 is 0 Å². The maximum atomic E-state index is 12.2. The molecular formula is C19H20N2O4S. The number of sulfonamides is 1. The van der Waals surface area contributed by atoms with Gasteiger partial charge in [-0.25, -0.2) is 8.42 Å². The molecule has 0 radical (unpaired) electrons. The second-order valence-electron chi connectivity index (χ2n) is 5.33. The number of benzene rings is 2. The third kappa shape index (κ3) is 5.92. The number of amides is 1. The Hall–Kier alpha value is -2.82. The quantitative estimate of drug-likeness (QED) is 0.519. The van der Waals surface area contributed by atoms with Gasteiger partial charge < -0.3 is 10.1 Å². The van der Waals surface area contributed by atoms with Gasteiger partial charge in [0.2, 0.25) is 10.0 Å². The van der Waals surface area contributed by atoms with Gasteiger partial charge in [-0.15, -0.1) is 6.42 Å². The van der Waals surface area contributed by atoms with E-state index < -0.39 is 10.0 Å². The number of carbonyl (C=O) groups is 1. The second kappa shape index (κ2) is 9.61. The highest BCUT2D eigenvalue weighted by Crippen LogP contribution is 2.11. The summed E-state index contributed by atoms with van der Waals surface area (Å²) in [6.07, 6.45) is 5.68. The fourth-order valence-corrected chi connectivity index (χ4v) is 3.09. The van der Waals surface area contributed by atoms with Crippen LogP contribution in [-0.4, -0.2) is 34.0 Å². The molecule has 0 spiro atoms. The lowest BCUT2D eigenvalue weighted by molar-refractivity contribution is 0.0951. The van der Waals surface area contributed by atoms with Crippen LogP contribution in [0.1, 0.15) is 16.8 Å². The molecule has 0 fully saturated rings. The highest BCUT2D eigenvalue weighted by atomic mass is 32.2. The van der Waals surface area contributed by atoms with Gasteiger partial charge in [-0.3, -0.25) is 4.79 Å². The average Bonchev–Trinajstić information content (AvgIpc) is 2.67. The smallest absolute Gasteiger partial charge is 0.251 e. The molecule has 0 bridgehead atoms. The zero-order chi connectivity index (χ0) is 18.8. The molecule has 0 unspecified atom stereocenters. The van der Waals surface area contributed by atoms with Gasteiger partial charge in [0.05, 0.1) is 18.0 Å². The summed E-state index contributed by atoms with van der Waals surface area (Å²) in [4.78, 5) is 12.2. The second-order valence-corrected chi connectivity index (χ2v) is 7.09. The molecule has 26 heavy (non-hydrogen) atoms. The molecule has 0 heterocycles.